The molecule has 1 heterocycles. The lowest BCUT2D eigenvalue weighted by Gasteiger charge is -2.29. The minimum Gasteiger partial charge on any atom is -0.496 e. The van der Waals surface area contributed by atoms with Crippen molar-refractivity contribution in [3.63, 3.8) is 0 Å². The van der Waals surface area contributed by atoms with E-state index in [-0.39, 0.29) is 16.2 Å². The predicted molar refractivity (Wildman–Crippen MR) is 63.3 cm³/mol. The van der Waals surface area contributed by atoms with Crippen LogP contribution in [-0.4, -0.2) is 44.0 Å². The number of rotatable bonds is 4. The highest BCUT2D eigenvalue weighted by Gasteiger charge is 2.30. The number of hydrogen-bond donors (Lipinski definition) is 1. The van der Waals surface area contributed by atoms with E-state index in [1.165, 1.54) is 23.5 Å². The van der Waals surface area contributed by atoms with E-state index in [0.29, 0.717) is 13.1 Å². The molecule has 2 rings (SSSR count). The number of sulfonamides is 1. The molecule has 1 aromatic carbocycles. The van der Waals surface area contributed by atoms with E-state index in [0.717, 1.165) is 12.5 Å². The summed E-state index contributed by atoms with van der Waals surface area (Å²) in [5.41, 5.74) is -0.154. The Morgan fingerprint density at radius 1 is 1.39 bits per heavy atom. The van der Waals surface area contributed by atoms with Gasteiger partial charge in [-0.15, -0.1) is 0 Å². The number of carbonyl (C=O) groups is 1. The van der Waals surface area contributed by atoms with Crippen molar-refractivity contribution in [3.05, 3.63) is 23.8 Å². The van der Waals surface area contributed by atoms with Crippen LogP contribution in [0.25, 0.3) is 0 Å². The van der Waals surface area contributed by atoms with Crippen molar-refractivity contribution in [3.8, 4) is 5.75 Å². The summed E-state index contributed by atoms with van der Waals surface area (Å²) in [6.45, 7) is 0.966. The molecular weight excluding hydrogens is 258 g/mol. The fourth-order valence-corrected chi connectivity index (χ4v) is 3.24. The molecular formula is C11H13NO5S. The van der Waals surface area contributed by atoms with Crippen LogP contribution in [0.4, 0.5) is 0 Å². The zero-order valence-corrected chi connectivity index (χ0v) is 10.6. The van der Waals surface area contributed by atoms with Crippen LogP contribution in [0.2, 0.25) is 0 Å². The van der Waals surface area contributed by atoms with Gasteiger partial charge in [0.25, 0.3) is 0 Å². The lowest BCUT2D eigenvalue weighted by Crippen LogP contribution is -2.41. The molecule has 0 atom stereocenters. The van der Waals surface area contributed by atoms with Gasteiger partial charge in [0.1, 0.15) is 11.3 Å². The summed E-state index contributed by atoms with van der Waals surface area (Å²) in [5.74, 6) is -1.07. The molecule has 1 N–H and O–H groups in total. The van der Waals surface area contributed by atoms with Gasteiger partial charge >= 0.3 is 5.97 Å². The van der Waals surface area contributed by atoms with Crippen LogP contribution in [0.5, 0.6) is 5.75 Å². The Morgan fingerprint density at radius 3 is 2.50 bits per heavy atom. The average molecular weight is 271 g/mol. The highest BCUT2D eigenvalue weighted by Crippen LogP contribution is 2.26. The topological polar surface area (TPSA) is 83.9 Å². The molecule has 7 heteroatoms. The van der Waals surface area contributed by atoms with Crippen LogP contribution in [0, 0.1) is 0 Å². The van der Waals surface area contributed by atoms with E-state index in [4.69, 9.17) is 9.84 Å². The normalized spacial score (nSPS) is 16.1. The van der Waals surface area contributed by atoms with Crippen molar-refractivity contribution < 1.29 is 23.1 Å². The zero-order chi connectivity index (χ0) is 13.3. The third kappa shape index (κ3) is 2.06. The number of nitrogens with zero attached hydrogens (tertiary/aromatic N) is 1. The smallest absolute Gasteiger partial charge is 0.339 e. The summed E-state index contributed by atoms with van der Waals surface area (Å²) in [5, 5.41) is 9.01. The second kappa shape index (κ2) is 4.58. The van der Waals surface area contributed by atoms with Gasteiger partial charge in [0.05, 0.1) is 12.0 Å². The largest absolute Gasteiger partial charge is 0.496 e. The van der Waals surface area contributed by atoms with Crippen molar-refractivity contribution in [2.45, 2.75) is 11.3 Å². The van der Waals surface area contributed by atoms with E-state index in [9.17, 15) is 13.2 Å². The van der Waals surface area contributed by atoms with Gasteiger partial charge < -0.3 is 9.84 Å². The number of carboxylic acid groups (broad SMARTS) is 1. The van der Waals surface area contributed by atoms with Gasteiger partial charge in [-0.25, -0.2) is 13.2 Å². The molecule has 0 bridgehead atoms. The highest BCUT2D eigenvalue weighted by atomic mass is 32.2. The van der Waals surface area contributed by atoms with Gasteiger partial charge in [-0.1, -0.05) is 0 Å². The Morgan fingerprint density at radius 2 is 2.06 bits per heavy atom. The predicted octanol–water partition coefficient (Wildman–Crippen LogP) is 0.788. The number of hydrogen-bond acceptors (Lipinski definition) is 4. The lowest BCUT2D eigenvalue weighted by atomic mass is 10.2. The highest BCUT2D eigenvalue weighted by molar-refractivity contribution is 7.89. The molecule has 0 amide bonds. The first-order chi connectivity index (χ1) is 8.46. The summed E-state index contributed by atoms with van der Waals surface area (Å²) in [6.07, 6.45) is 0.834. The molecule has 1 saturated heterocycles. The van der Waals surface area contributed by atoms with Gasteiger partial charge in [-0.3, -0.25) is 0 Å². The average Bonchev–Trinajstić information content (AvgIpc) is 2.25. The van der Waals surface area contributed by atoms with Crippen molar-refractivity contribution in [1.82, 2.24) is 4.31 Å². The molecule has 0 saturated carbocycles. The third-order valence-corrected chi connectivity index (χ3v) is 4.75. The third-order valence-electron chi connectivity index (χ3n) is 2.85. The monoisotopic (exact) mass is 271 g/mol. The molecule has 0 spiro atoms. The maximum atomic E-state index is 12.1. The minimum atomic E-state index is -3.57. The maximum Gasteiger partial charge on any atom is 0.339 e. The van der Waals surface area contributed by atoms with Crippen molar-refractivity contribution >= 4 is 16.0 Å². The lowest BCUT2D eigenvalue weighted by molar-refractivity contribution is 0.0693. The molecule has 1 fully saturated rings. The molecule has 0 aliphatic carbocycles. The number of methoxy groups -OCH3 is 1. The van der Waals surface area contributed by atoms with Gasteiger partial charge in [-0.05, 0) is 24.6 Å². The molecule has 98 valence electrons. The Hall–Kier alpha value is -1.60. The minimum absolute atomic E-state index is 0.0135. The molecule has 1 aliphatic rings. The molecule has 0 aromatic heterocycles. The van der Waals surface area contributed by atoms with E-state index in [2.05, 4.69) is 0 Å². The first kappa shape index (κ1) is 12.8. The standard InChI is InChI=1S/C11H13NO5S/c1-17-10-4-3-8(7-9(10)11(13)14)18(15,16)12-5-2-6-12/h3-4,7H,2,5-6H2,1H3,(H,13,14). The molecule has 0 unspecified atom stereocenters. The Kier molecular flexibility index (Phi) is 3.27. The molecule has 1 aliphatic heterocycles. The Labute approximate surface area is 105 Å². The van der Waals surface area contributed by atoms with Crippen LogP contribution in [0.15, 0.2) is 23.1 Å². The zero-order valence-electron chi connectivity index (χ0n) is 9.79. The number of ether oxygens (including phenoxy) is 1. The number of carboxylic acids is 1. The summed E-state index contributed by atoms with van der Waals surface area (Å²) < 4.78 is 30.4. The quantitative estimate of drug-likeness (QED) is 0.875. The summed E-state index contributed by atoms with van der Waals surface area (Å²) in [6, 6.07) is 3.85. The fourth-order valence-electron chi connectivity index (χ4n) is 1.69. The van der Waals surface area contributed by atoms with Crippen LogP contribution < -0.4 is 4.74 Å². The van der Waals surface area contributed by atoms with Crippen molar-refractivity contribution in [2.24, 2.45) is 0 Å². The van der Waals surface area contributed by atoms with E-state index >= 15 is 0 Å². The molecule has 1 aromatic rings. The van der Waals surface area contributed by atoms with Gasteiger partial charge in [0.2, 0.25) is 10.0 Å². The van der Waals surface area contributed by atoms with Crippen LogP contribution in [0.3, 0.4) is 0 Å². The number of benzene rings is 1. The van der Waals surface area contributed by atoms with Crippen molar-refractivity contribution in [2.75, 3.05) is 20.2 Å². The van der Waals surface area contributed by atoms with Gasteiger partial charge in [-0.2, -0.15) is 4.31 Å². The molecule has 18 heavy (non-hydrogen) atoms. The SMILES string of the molecule is COc1ccc(S(=O)(=O)N2CCC2)cc1C(=O)O. The Balaban J connectivity index is 2.46. The maximum absolute atomic E-state index is 12.1. The number of aromatic carboxylic acids is 1. The van der Waals surface area contributed by atoms with Crippen LogP contribution >= 0.6 is 0 Å². The van der Waals surface area contributed by atoms with E-state index < -0.39 is 16.0 Å². The summed E-state index contributed by atoms with van der Waals surface area (Å²) in [4.78, 5) is 11.0. The van der Waals surface area contributed by atoms with Crippen LogP contribution in [0.1, 0.15) is 16.8 Å². The summed E-state index contributed by atoms with van der Waals surface area (Å²) in [7, 11) is -2.23. The summed E-state index contributed by atoms with van der Waals surface area (Å²) >= 11 is 0. The van der Waals surface area contributed by atoms with E-state index in [1.807, 2.05) is 0 Å². The second-order valence-corrected chi connectivity index (χ2v) is 5.86. The first-order valence-electron chi connectivity index (χ1n) is 5.38. The van der Waals surface area contributed by atoms with Gasteiger partial charge in [0.15, 0.2) is 0 Å². The first-order valence-corrected chi connectivity index (χ1v) is 6.82. The second-order valence-electron chi connectivity index (χ2n) is 3.92. The molecule has 6 nitrogen and oxygen atoms in total. The van der Waals surface area contributed by atoms with E-state index in [1.54, 1.807) is 0 Å². The van der Waals surface area contributed by atoms with Crippen molar-refractivity contribution in [1.29, 1.82) is 0 Å². The molecule has 0 radical (unpaired) electrons. The Bertz CT molecular complexity index is 577. The van der Waals surface area contributed by atoms with Gasteiger partial charge in [0, 0.05) is 13.1 Å². The van der Waals surface area contributed by atoms with Crippen LogP contribution in [-0.2, 0) is 10.0 Å². The fraction of sp³-hybridized carbons (Fsp3) is 0.364.